The van der Waals surface area contributed by atoms with Gasteiger partial charge in [0.15, 0.2) is 0 Å². The molecule has 0 saturated carbocycles. The molecule has 0 bridgehead atoms. The molecule has 1 unspecified atom stereocenters. The highest BCUT2D eigenvalue weighted by Crippen LogP contribution is 2.16. The number of aliphatic hydroxyl groups is 1. The highest BCUT2D eigenvalue weighted by molar-refractivity contribution is 5.94. The van der Waals surface area contributed by atoms with E-state index in [9.17, 15) is 9.90 Å². The predicted molar refractivity (Wildman–Crippen MR) is 90.1 cm³/mol. The Bertz CT molecular complexity index is 569. The van der Waals surface area contributed by atoms with E-state index in [0.717, 1.165) is 31.6 Å². The van der Waals surface area contributed by atoms with Crippen molar-refractivity contribution in [2.45, 2.75) is 38.7 Å². The Morgan fingerprint density at radius 1 is 1.39 bits per heavy atom. The SMILES string of the molecule is CC(C)(O)C#Cc1ccc(C(=O)NCCC2CCCOC2)cc1. The van der Waals surface area contributed by atoms with Gasteiger partial charge in [-0.1, -0.05) is 11.8 Å². The molecule has 1 fully saturated rings. The van der Waals surface area contributed by atoms with E-state index < -0.39 is 5.60 Å². The number of nitrogens with one attached hydrogen (secondary N) is 1. The van der Waals surface area contributed by atoms with Crippen molar-refractivity contribution in [1.82, 2.24) is 5.32 Å². The molecular weight excluding hydrogens is 290 g/mol. The van der Waals surface area contributed by atoms with Gasteiger partial charge in [-0.05, 0) is 63.3 Å². The monoisotopic (exact) mass is 315 g/mol. The molecule has 1 saturated heterocycles. The molecule has 1 aliphatic heterocycles. The third kappa shape index (κ3) is 6.43. The van der Waals surface area contributed by atoms with Gasteiger partial charge in [0.05, 0.1) is 0 Å². The highest BCUT2D eigenvalue weighted by atomic mass is 16.5. The smallest absolute Gasteiger partial charge is 0.251 e. The van der Waals surface area contributed by atoms with Crippen molar-refractivity contribution in [3.05, 3.63) is 35.4 Å². The molecule has 1 aromatic rings. The number of carbonyl (C=O) groups is 1. The van der Waals surface area contributed by atoms with E-state index >= 15 is 0 Å². The van der Waals surface area contributed by atoms with Crippen LogP contribution in [0.3, 0.4) is 0 Å². The molecule has 4 heteroatoms. The minimum Gasteiger partial charge on any atom is -0.381 e. The first-order valence-electron chi connectivity index (χ1n) is 8.15. The van der Waals surface area contributed by atoms with Crippen LogP contribution in [0.2, 0.25) is 0 Å². The molecule has 124 valence electrons. The largest absolute Gasteiger partial charge is 0.381 e. The Hall–Kier alpha value is -1.83. The molecule has 1 amide bonds. The van der Waals surface area contributed by atoms with Crippen LogP contribution in [0.15, 0.2) is 24.3 Å². The Balaban J connectivity index is 1.81. The van der Waals surface area contributed by atoms with Crippen LogP contribution in [-0.4, -0.2) is 36.4 Å². The summed E-state index contributed by atoms with van der Waals surface area (Å²) in [6.45, 7) is 5.63. The van der Waals surface area contributed by atoms with Gasteiger partial charge in [-0.25, -0.2) is 0 Å². The lowest BCUT2D eigenvalue weighted by molar-refractivity contribution is 0.0514. The summed E-state index contributed by atoms with van der Waals surface area (Å²) in [6.07, 6.45) is 3.26. The molecule has 1 heterocycles. The second kappa shape index (κ2) is 8.14. The number of hydrogen-bond donors (Lipinski definition) is 2. The number of ether oxygens (including phenoxy) is 1. The average Bonchev–Trinajstić information content (AvgIpc) is 2.54. The van der Waals surface area contributed by atoms with Crippen LogP contribution in [-0.2, 0) is 4.74 Å². The summed E-state index contributed by atoms with van der Waals surface area (Å²) in [5.74, 6) is 6.13. The lowest BCUT2D eigenvalue weighted by atomic mass is 9.99. The molecule has 4 nitrogen and oxygen atoms in total. The van der Waals surface area contributed by atoms with Crippen molar-refractivity contribution in [3.63, 3.8) is 0 Å². The summed E-state index contributed by atoms with van der Waals surface area (Å²) in [4.78, 5) is 12.1. The third-order valence-corrected chi connectivity index (χ3v) is 3.75. The summed E-state index contributed by atoms with van der Waals surface area (Å²) in [5.41, 5.74) is 0.389. The second-order valence-electron chi connectivity index (χ2n) is 6.51. The van der Waals surface area contributed by atoms with E-state index in [0.29, 0.717) is 18.0 Å². The maximum Gasteiger partial charge on any atom is 0.251 e. The summed E-state index contributed by atoms with van der Waals surface area (Å²) in [5, 5.41) is 12.5. The van der Waals surface area contributed by atoms with Crippen molar-refractivity contribution in [1.29, 1.82) is 0 Å². The maximum absolute atomic E-state index is 12.1. The van der Waals surface area contributed by atoms with Gasteiger partial charge < -0.3 is 15.2 Å². The number of rotatable bonds is 4. The predicted octanol–water partition coefficient (Wildman–Crippen LogP) is 2.36. The van der Waals surface area contributed by atoms with Crippen LogP contribution in [0.1, 0.15) is 49.0 Å². The topological polar surface area (TPSA) is 58.6 Å². The summed E-state index contributed by atoms with van der Waals surface area (Å²) in [7, 11) is 0. The summed E-state index contributed by atoms with van der Waals surface area (Å²) in [6, 6.07) is 7.10. The third-order valence-electron chi connectivity index (χ3n) is 3.75. The van der Waals surface area contributed by atoms with Crippen LogP contribution < -0.4 is 5.32 Å². The number of amides is 1. The lowest BCUT2D eigenvalue weighted by Crippen LogP contribution is -2.28. The molecule has 0 aromatic heterocycles. The van der Waals surface area contributed by atoms with Crippen LogP contribution in [0.4, 0.5) is 0 Å². The number of hydrogen-bond acceptors (Lipinski definition) is 3. The Kier molecular flexibility index (Phi) is 6.20. The van der Waals surface area contributed by atoms with Gasteiger partial charge in [-0.2, -0.15) is 0 Å². The van der Waals surface area contributed by atoms with Crippen molar-refractivity contribution in [2.24, 2.45) is 5.92 Å². The Morgan fingerprint density at radius 3 is 2.74 bits per heavy atom. The fraction of sp³-hybridized carbons (Fsp3) is 0.526. The van der Waals surface area contributed by atoms with E-state index in [-0.39, 0.29) is 5.91 Å². The van der Waals surface area contributed by atoms with Gasteiger partial charge >= 0.3 is 0 Å². The van der Waals surface area contributed by atoms with Crippen molar-refractivity contribution in [3.8, 4) is 11.8 Å². The Morgan fingerprint density at radius 2 is 2.13 bits per heavy atom. The van der Waals surface area contributed by atoms with Crippen LogP contribution in [0.5, 0.6) is 0 Å². The van der Waals surface area contributed by atoms with Crippen molar-refractivity contribution < 1.29 is 14.6 Å². The summed E-state index contributed by atoms with van der Waals surface area (Å²) < 4.78 is 5.44. The molecule has 0 aliphatic carbocycles. The average molecular weight is 315 g/mol. The molecule has 2 N–H and O–H groups in total. The molecular formula is C19H25NO3. The molecule has 0 spiro atoms. The molecule has 1 aromatic carbocycles. The van der Waals surface area contributed by atoms with Crippen LogP contribution in [0.25, 0.3) is 0 Å². The molecule has 1 aliphatic rings. The van der Waals surface area contributed by atoms with E-state index in [2.05, 4.69) is 17.2 Å². The molecule has 2 rings (SSSR count). The fourth-order valence-corrected chi connectivity index (χ4v) is 2.46. The van der Waals surface area contributed by atoms with E-state index in [1.807, 2.05) is 0 Å². The molecule has 1 atom stereocenters. The first kappa shape index (κ1) is 17.5. The minimum atomic E-state index is -1.02. The van der Waals surface area contributed by atoms with Gasteiger partial charge in [0, 0.05) is 30.9 Å². The van der Waals surface area contributed by atoms with Crippen LogP contribution >= 0.6 is 0 Å². The highest BCUT2D eigenvalue weighted by Gasteiger charge is 2.14. The maximum atomic E-state index is 12.1. The van der Waals surface area contributed by atoms with Gasteiger partial charge in [-0.15, -0.1) is 0 Å². The quantitative estimate of drug-likeness (QED) is 0.839. The van der Waals surface area contributed by atoms with Gasteiger partial charge in [0.25, 0.3) is 5.91 Å². The van der Waals surface area contributed by atoms with Gasteiger partial charge in [0.1, 0.15) is 5.60 Å². The number of carbonyl (C=O) groups excluding carboxylic acids is 1. The Labute approximate surface area is 138 Å². The zero-order chi connectivity index (χ0) is 16.7. The van der Waals surface area contributed by atoms with Crippen molar-refractivity contribution >= 4 is 5.91 Å². The standard InChI is InChI=1S/C19H25NO3/c1-19(2,22)11-9-15-5-7-17(8-6-15)18(21)20-12-10-16-4-3-13-23-14-16/h5-8,16,22H,3-4,10,12-14H2,1-2H3,(H,20,21). The number of benzene rings is 1. The first-order valence-corrected chi connectivity index (χ1v) is 8.15. The van der Waals surface area contributed by atoms with E-state index in [1.54, 1.807) is 38.1 Å². The molecule has 23 heavy (non-hydrogen) atoms. The normalized spacial score (nSPS) is 18.0. The van der Waals surface area contributed by atoms with Crippen LogP contribution in [0, 0.1) is 17.8 Å². The van der Waals surface area contributed by atoms with Crippen molar-refractivity contribution in [2.75, 3.05) is 19.8 Å². The second-order valence-corrected chi connectivity index (χ2v) is 6.51. The van der Waals surface area contributed by atoms with E-state index in [1.165, 1.54) is 6.42 Å². The first-order chi connectivity index (χ1) is 10.9. The van der Waals surface area contributed by atoms with Gasteiger partial charge in [0.2, 0.25) is 0 Å². The zero-order valence-corrected chi connectivity index (χ0v) is 13.9. The van der Waals surface area contributed by atoms with E-state index in [4.69, 9.17) is 4.74 Å². The lowest BCUT2D eigenvalue weighted by Gasteiger charge is -2.21. The zero-order valence-electron chi connectivity index (χ0n) is 13.9. The molecule has 0 radical (unpaired) electrons. The summed E-state index contributed by atoms with van der Waals surface area (Å²) >= 11 is 0. The minimum absolute atomic E-state index is 0.0660. The van der Waals surface area contributed by atoms with Gasteiger partial charge in [-0.3, -0.25) is 4.79 Å². The fourth-order valence-electron chi connectivity index (χ4n) is 2.46.